The van der Waals surface area contributed by atoms with E-state index in [1.807, 2.05) is 48.8 Å². The van der Waals surface area contributed by atoms with E-state index >= 15 is 0 Å². The molecule has 2 aromatic heterocycles. The van der Waals surface area contributed by atoms with E-state index in [4.69, 9.17) is 23.2 Å². The van der Waals surface area contributed by atoms with E-state index in [9.17, 15) is 0 Å². The van der Waals surface area contributed by atoms with Gasteiger partial charge in [-0.15, -0.1) is 0 Å². The van der Waals surface area contributed by atoms with Gasteiger partial charge >= 0.3 is 0 Å². The number of thioether (sulfide) groups is 1. The van der Waals surface area contributed by atoms with Gasteiger partial charge in [-0.3, -0.25) is 0 Å². The molecule has 27 heavy (non-hydrogen) atoms. The van der Waals surface area contributed by atoms with Gasteiger partial charge in [0, 0.05) is 57.5 Å². The van der Waals surface area contributed by atoms with E-state index in [0.29, 0.717) is 0 Å². The van der Waals surface area contributed by atoms with Crippen molar-refractivity contribution in [3.63, 3.8) is 0 Å². The van der Waals surface area contributed by atoms with Crippen molar-refractivity contribution in [1.82, 2.24) is 19.9 Å². The molecule has 0 saturated carbocycles. The summed E-state index contributed by atoms with van der Waals surface area (Å²) < 4.78 is 0. The monoisotopic (exact) mass is 414 g/mol. The first-order valence-electron chi connectivity index (χ1n) is 8.35. The van der Waals surface area contributed by atoms with Crippen molar-refractivity contribution >= 4 is 35.0 Å². The van der Waals surface area contributed by atoms with Crippen molar-refractivity contribution in [2.45, 2.75) is 11.5 Å². The maximum absolute atomic E-state index is 6.22. The molecule has 0 aliphatic carbocycles. The Bertz CT molecular complexity index is 947. The molecular formula is C20H16Cl2N4S. The minimum absolute atomic E-state index is 0.722. The number of rotatable bonds is 6. The van der Waals surface area contributed by atoms with Crippen molar-refractivity contribution in [2.24, 2.45) is 0 Å². The average molecular weight is 415 g/mol. The Morgan fingerprint density at radius 2 is 1.22 bits per heavy atom. The van der Waals surface area contributed by atoms with Gasteiger partial charge in [0.15, 0.2) is 0 Å². The molecule has 4 rings (SSSR count). The van der Waals surface area contributed by atoms with Gasteiger partial charge in [-0.1, -0.05) is 23.2 Å². The Morgan fingerprint density at radius 1 is 0.741 bits per heavy atom. The van der Waals surface area contributed by atoms with Gasteiger partial charge in [0.05, 0.1) is 0 Å². The Morgan fingerprint density at radius 3 is 1.63 bits per heavy atom. The molecule has 7 heteroatoms. The van der Waals surface area contributed by atoms with E-state index in [2.05, 4.69) is 19.9 Å². The highest BCUT2D eigenvalue weighted by atomic mass is 35.5. The third-order valence-corrected chi connectivity index (χ3v) is 5.66. The minimum Gasteiger partial charge on any atom is -0.345 e. The normalized spacial score (nSPS) is 11.0. The first-order valence-corrected chi connectivity index (χ1v) is 10.3. The fourth-order valence-electron chi connectivity index (χ4n) is 2.92. The first-order chi connectivity index (χ1) is 13.2. The van der Waals surface area contributed by atoms with Crippen molar-refractivity contribution < 1.29 is 0 Å². The summed E-state index contributed by atoms with van der Waals surface area (Å²) in [5.74, 6) is 3.31. The van der Waals surface area contributed by atoms with E-state index in [0.717, 1.165) is 55.5 Å². The van der Waals surface area contributed by atoms with Crippen LogP contribution in [0.2, 0.25) is 10.0 Å². The molecule has 0 fully saturated rings. The van der Waals surface area contributed by atoms with Crippen LogP contribution in [0.25, 0.3) is 22.8 Å². The van der Waals surface area contributed by atoms with Crippen LogP contribution in [0.1, 0.15) is 11.1 Å². The molecule has 4 nitrogen and oxygen atoms in total. The summed E-state index contributed by atoms with van der Waals surface area (Å²) in [7, 11) is 0. The number of aromatic amines is 2. The van der Waals surface area contributed by atoms with Crippen LogP contribution in [-0.2, 0) is 11.5 Å². The summed E-state index contributed by atoms with van der Waals surface area (Å²) in [6.07, 6.45) is 7.15. The van der Waals surface area contributed by atoms with Crippen molar-refractivity contribution in [1.29, 1.82) is 0 Å². The lowest BCUT2D eigenvalue weighted by Crippen LogP contribution is -1.93. The molecule has 4 aromatic rings. The molecule has 0 aliphatic heterocycles. The number of aromatic nitrogens is 4. The van der Waals surface area contributed by atoms with Crippen molar-refractivity contribution in [3.05, 3.63) is 82.4 Å². The summed E-state index contributed by atoms with van der Waals surface area (Å²) in [6, 6.07) is 11.8. The molecule has 0 spiro atoms. The van der Waals surface area contributed by atoms with Crippen molar-refractivity contribution in [3.8, 4) is 22.8 Å². The van der Waals surface area contributed by atoms with Gasteiger partial charge in [-0.05, 0) is 47.5 Å². The van der Waals surface area contributed by atoms with Crippen LogP contribution < -0.4 is 0 Å². The number of imidazole rings is 2. The predicted molar refractivity (Wildman–Crippen MR) is 113 cm³/mol. The maximum Gasteiger partial charge on any atom is 0.137 e. The Balaban J connectivity index is 1.55. The number of benzene rings is 2. The number of hydrogen-bond acceptors (Lipinski definition) is 3. The fraction of sp³-hybridized carbons (Fsp3) is 0.100. The topological polar surface area (TPSA) is 57.4 Å². The summed E-state index contributed by atoms with van der Waals surface area (Å²) in [4.78, 5) is 15.1. The number of H-pyrrole nitrogens is 2. The summed E-state index contributed by atoms with van der Waals surface area (Å²) in [5, 5.41) is 1.44. The molecule has 0 atom stereocenters. The van der Waals surface area contributed by atoms with E-state index in [-0.39, 0.29) is 0 Å². The third kappa shape index (κ3) is 4.21. The van der Waals surface area contributed by atoms with Crippen LogP contribution in [0.5, 0.6) is 0 Å². The molecule has 0 radical (unpaired) electrons. The van der Waals surface area contributed by atoms with E-state index in [1.165, 1.54) is 0 Å². The molecular weight excluding hydrogens is 399 g/mol. The van der Waals surface area contributed by atoms with Crippen LogP contribution in [0, 0.1) is 0 Å². The Hall–Kier alpha value is -2.21. The van der Waals surface area contributed by atoms with Gasteiger partial charge < -0.3 is 9.97 Å². The van der Waals surface area contributed by atoms with Gasteiger partial charge in [0.1, 0.15) is 11.6 Å². The zero-order valence-electron chi connectivity index (χ0n) is 14.2. The van der Waals surface area contributed by atoms with Crippen LogP contribution in [-0.4, -0.2) is 19.9 Å². The van der Waals surface area contributed by atoms with Gasteiger partial charge in [0.25, 0.3) is 0 Å². The number of nitrogens with zero attached hydrogens (tertiary/aromatic N) is 2. The van der Waals surface area contributed by atoms with Gasteiger partial charge in [-0.2, -0.15) is 11.8 Å². The summed E-state index contributed by atoms with van der Waals surface area (Å²) in [6.45, 7) is 0. The zero-order valence-corrected chi connectivity index (χ0v) is 16.6. The minimum atomic E-state index is 0.722. The van der Waals surface area contributed by atoms with Crippen LogP contribution in [0.4, 0.5) is 0 Å². The average Bonchev–Trinajstić information content (AvgIpc) is 3.36. The largest absolute Gasteiger partial charge is 0.345 e. The highest BCUT2D eigenvalue weighted by Gasteiger charge is 2.11. The number of hydrogen-bond donors (Lipinski definition) is 2. The zero-order chi connectivity index (χ0) is 18.6. The standard InChI is InChI=1S/C20H16Cl2N4S/c21-15-1-3-17(19-23-5-6-24-19)13(9-15)11-27-12-14-10-16(22)2-4-18(14)20-25-7-8-26-20/h1-10H,11-12H2,(H,23,24)(H,25,26). The Labute approximate surface area is 171 Å². The third-order valence-electron chi connectivity index (χ3n) is 4.16. The van der Waals surface area contributed by atoms with E-state index < -0.39 is 0 Å². The lowest BCUT2D eigenvalue weighted by atomic mass is 10.1. The molecule has 0 saturated heterocycles. The SMILES string of the molecule is Clc1ccc(-c2ncc[nH]2)c(CSCc2cc(Cl)ccc2-c2ncc[nH]2)c1. The number of nitrogens with one attached hydrogen (secondary N) is 2. The quantitative estimate of drug-likeness (QED) is 0.394. The highest BCUT2D eigenvalue weighted by Crippen LogP contribution is 2.31. The first kappa shape index (κ1) is 18.2. The second-order valence-electron chi connectivity index (χ2n) is 5.97. The summed E-state index contributed by atoms with van der Waals surface area (Å²) in [5.41, 5.74) is 4.41. The summed E-state index contributed by atoms with van der Waals surface area (Å²) >= 11 is 14.2. The lowest BCUT2D eigenvalue weighted by molar-refractivity contribution is 1.26. The Kier molecular flexibility index (Phi) is 5.53. The predicted octanol–water partition coefficient (Wildman–Crippen LogP) is 6.21. The molecule has 2 N–H and O–H groups in total. The van der Waals surface area contributed by atoms with Crippen LogP contribution >= 0.6 is 35.0 Å². The molecule has 2 aromatic carbocycles. The van der Waals surface area contributed by atoms with Gasteiger partial charge in [-0.25, -0.2) is 9.97 Å². The molecule has 0 bridgehead atoms. The van der Waals surface area contributed by atoms with Gasteiger partial charge in [0.2, 0.25) is 0 Å². The number of halogens is 2. The lowest BCUT2D eigenvalue weighted by Gasteiger charge is -2.11. The molecule has 0 unspecified atom stereocenters. The van der Waals surface area contributed by atoms with Crippen LogP contribution in [0.3, 0.4) is 0 Å². The van der Waals surface area contributed by atoms with Crippen LogP contribution in [0.15, 0.2) is 61.2 Å². The second kappa shape index (κ2) is 8.21. The second-order valence-corrected chi connectivity index (χ2v) is 7.83. The highest BCUT2D eigenvalue weighted by molar-refractivity contribution is 7.97. The smallest absolute Gasteiger partial charge is 0.137 e. The fourth-order valence-corrected chi connectivity index (χ4v) is 4.33. The molecule has 136 valence electrons. The maximum atomic E-state index is 6.22. The molecule has 0 amide bonds. The molecule has 0 aliphatic rings. The van der Waals surface area contributed by atoms with Crippen molar-refractivity contribution in [2.75, 3.05) is 0 Å². The molecule has 2 heterocycles. The van der Waals surface area contributed by atoms with E-state index in [1.54, 1.807) is 24.2 Å².